The summed E-state index contributed by atoms with van der Waals surface area (Å²) in [6.07, 6.45) is 1.51. The van der Waals surface area contributed by atoms with E-state index < -0.39 is 10.2 Å². The normalized spacial score (nSPS) is 11.5. The van der Waals surface area contributed by atoms with Crippen molar-refractivity contribution in [2.75, 3.05) is 30.8 Å². The van der Waals surface area contributed by atoms with E-state index in [4.69, 9.17) is 0 Å². The molecule has 0 spiro atoms. The van der Waals surface area contributed by atoms with Crippen molar-refractivity contribution in [3.8, 4) is 0 Å². The average Bonchev–Trinajstić information content (AvgIpc) is 2.48. The number of anilines is 2. The zero-order valence-corrected chi connectivity index (χ0v) is 13.7. The van der Waals surface area contributed by atoms with Gasteiger partial charge in [-0.2, -0.15) is 12.7 Å². The highest BCUT2D eigenvalue weighted by molar-refractivity contribution is 7.90. The van der Waals surface area contributed by atoms with Gasteiger partial charge >= 0.3 is 10.2 Å². The Hall–Kier alpha value is -2.12. The number of nitrogens with one attached hydrogen (secondary N) is 1. The first-order valence-corrected chi connectivity index (χ1v) is 8.24. The molecule has 6 nitrogen and oxygen atoms in total. The molecule has 1 aromatic carbocycles. The van der Waals surface area contributed by atoms with Gasteiger partial charge < -0.3 is 4.90 Å². The van der Waals surface area contributed by atoms with Crippen LogP contribution in [0.1, 0.15) is 5.56 Å². The average molecular weight is 320 g/mol. The summed E-state index contributed by atoms with van der Waals surface area (Å²) < 4.78 is 27.0. The summed E-state index contributed by atoms with van der Waals surface area (Å²) in [7, 11) is 1.38. The van der Waals surface area contributed by atoms with Gasteiger partial charge in [0, 0.05) is 27.7 Å². The van der Waals surface area contributed by atoms with Crippen LogP contribution in [0.15, 0.2) is 48.7 Å². The van der Waals surface area contributed by atoms with Crippen LogP contribution in [-0.4, -0.2) is 38.9 Å². The van der Waals surface area contributed by atoms with Crippen molar-refractivity contribution in [3.05, 3.63) is 54.2 Å². The Morgan fingerprint density at radius 2 is 1.73 bits per heavy atom. The van der Waals surface area contributed by atoms with E-state index in [1.807, 2.05) is 30.1 Å². The molecular weight excluding hydrogens is 300 g/mol. The molecule has 1 N–H and O–H groups in total. The van der Waals surface area contributed by atoms with Crippen LogP contribution >= 0.6 is 0 Å². The highest BCUT2D eigenvalue weighted by Crippen LogP contribution is 2.16. The van der Waals surface area contributed by atoms with Crippen LogP contribution in [0.4, 0.5) is 11.5 Å². The molecule has 0 aliphatic heterocycles. The van der Waals surface area contributed by atoms with Gasteiger partial charge in [0.15, 0.2) is 0 Å². The van der Waals surface area contributed by atoms with E-state index in [2.05, 4.69) is 21.8 Å². The highest BCUT2D eigenvalue weighted by Gasteiger charge is 2.13. The predicted octanol–water partition coefficient (Wildman–Crippen LogP) is 1.94. The maximum atomic E-state index is 11.7. The minimum Gasteiger partial charge on any atom is -0.355 e. The van der Waals surface area contributed by atoms with Crippen molar-refractivity contribution in [1.82, 2.24) is 9.29 Å². The number of benzene rings is 1. The molecule has 0 atom stereocenters. The van der Waals surface area contributed by atoms with Gasteiger partial charge in [0.1, 0.15) is 5.82 Å². The van der Waals surface area contributed by atoms with Crippen LogP contribution in [0.5, 0.6) is 0 Å². The monoisotopic (exact) mass is 320 g/mol. The standard InChI is InChI=1S/C15H20N4O2S/c1-18(2)22(20,21)17-14-9-10-15(16-11-14)19(3)12-13-7-5-4-6-8-13/h4-11,17H,12H2,1-3H3. The summed E-state index contributed by atoms with van der Waals surface area (Å²) in [6, 6.07) is 13.6. The maximum absolute atomic E-state index is 11.7. The van der Waals surface area contributed by atoms with Crippen LogP contribution in [0.3, 0.4) is 0 Å². The van der Waals surface area contributed by atoms with Crippen LogP contribution in [-0.2, 0) is 16.8 Å². The number of hydrogen-bond donors (Lipinski definition) is 1. The first-order chi connectivity index (χ1) is 10.4. The SMILES string of the molecule is CN(Cc1ccccc1)c1ccc(NS(=O)(=O)N(C)C)cn1. The van der Waals surface area contributed by atoms with E-state index in [-0.39, 0.29) is 0 Å². The fourth-order valence-corrected chi connectivity index (χ4v) is 2.45. The maximum Gasteiger partial charge on any atom is 0.301 e. The Balaban J connectivity index is 2.05. The Kier molecular flexibility index (Phi) is 4.99. The van der Waals surface area contributed by atoms with Crippen LogP contribution < -0.4 is 9.62 Å². The molecule has 0 bridgehead atoms. The second-order valence-electron chi connectivity index (χ2n) is 5.14. The number of nitrogens with zero attached hydrogens (tertiary/aromatic N) is 3. The van der Waals surface area contributed by atoms with E-state index >= 15 is 0 Å². The van der Waals surface area contributed by atoms with Crippen LogP contribution in [0, 0.1) is 0 Å². The fraction of sp³-hybridized carbons (Fsp3) is 0.267. The topological polar surface area (TPSA) is 65.5 Å². The summed E-state index contributed by atoms with van der Waals surface area (Å²) in [5, 5.41) is 0. The van der Waals surface area contributed by atoms with Crippen molar-refractivity contribution < 1.29 is 8.42 Å². The van der Waals surface area contributed by atoms with Crippen molar-refractivity contribution in [3.63, 3.8) is 0 Å². The summed E-state index contributed by atoms with van der Waals surface area (Å²) in [4.78, 5) is 6.30. The number of hydrogen-bond acceptors (Lipinski definition) is 4. The van der Waals surface area contributed by atoms with Gasteiger partial charge in [0.05, 0.1) is 11.9 Å². The first-order valence-electron chi connectivity index (χ1n) is 6.80. The molecule has 2 aromatic rings. The predicted molar refractivity (Wildman–Crippen MR) is 89.0 cm³/mol. The fourth-order valence-electron chi connectivity index (χ4n) is 1.85. The van der Waals surface area contributed by atoms with E-state index in [0.29, 0.717) is 5.69 Å². The zero-order chi connectivity index (χ0) is 16.2. The van der Waals surface area contributed by atoms with Crippen LogP contribution in [0.25, 0.3) is 0 Å². The van der Waals surface area contributed by atoms with E-state index in [0.717, 1.165) is 16.7 Å². The molecule has 7 heteroatoms. The van der Waals surface area contributed by atoms with E-state index in [9.17, 15) is 8.42 Å². The Bertz CT molecular complexity index is 700. The van der Waals surface area contributed by atoms with Crippen molar-refractivity contribution in [1.29, 1.82) is 0 Å². The molecule has 0 radical (unpaired) electrons. The van der Waals surface area contributed by atoms with Gasteiger partial charge in [-0.1, -0.05) is 30.3 Å². The third-order valence-corrected chi connectivity index (χ3v) is 4.58. The summed E-state index contributed by atoms with van der Waals surface area (Å²) in [6.45, 7) is 0.733. The molecule has 2 rings (SSSR count). The molecule has 1 aromatic heterocycles. The molecule has 22 heavy (non-hydrogen) atoms. The molecule has 0 aliphatic carbocycles. The minimum absolute atomic E-state index is 0.436. The molecule has 0 unspecified atom stereocenters. The Morgan fingerprint density at radius 3 is 2.27 bits per heavy atom. The van der Waals surface area contributed by atoms with Crippen LogP contribution in [0.2, 0.25) is 0 Å². The van der Waals surface area contributed by atoms with E-state index in [1.165, 1.54) is 25.9 Å². The number of pyridine rings is 1. The highest BCUT2D eigenvalue weighted by atomic mass is 32.2. The quantitative estimate of drug-likeness (QED) is 0.883. The lowest BCUT2D eigenvalue weighted by atomic mass is 10.2. The van der Waals surface area contributed by atoms with Crippen molar-refractivity contribution in [2.45, 2.75) is 6.54 Å². The number of aromatic nitrogens is 1. The van der Waals surface area contributed by atoms with Gasteiger partial charge in [0.25, 0.3) is 0 Å². The molecular formula is C15H20N4O2S. The Labute approximate surface area is 131 Å². The third-order valence-electron chi connectivity index (χ3n) is 3.13. The molecule has 0 saturated carbocycles. The minimum atomic E-state index is -3.50. The summed E-state index contributed by atoms with van der Waals surface area (Å²) >= 11 is 0. The van der Waals surface area contributed by atoms with Gasteiger partial charge in [-0.3, -0.25) is 4.72 Å². The van der Waals surface area contributed by atoms with Gasteiger partial charge in [-0.15, -0.1) is 0 Å². The Morgan fingerprint density at radius 1 is 1.05 bits per heavy atom. The molecule has 0 fully saturated rings. The summed E-state index contributed by atoms with van der Waals surface area (Å²) in [5.41, 5.74) is 1.62. The van der Waals surface area contributed by atoms with Gasteiger partial charge in [0.2, 0.25) is 0 Å². The molecule has 0 aliphatic rings. The van der Waals surface area contributed by atoms with Crippen molar-refractivity contribution in [2.24, 2.45) is 0 Å². The molecule has 0 saturated heterocycles. The molecule has 1 heterocycles. The van der Waals surface area contributed by atoms with Crippen molar-refractivity contribution >= 4 is 21.7 Å². The third kappa shape index (κ3) is 4.19. The largest absolute Gasteiger partial charge is 0.355 e. The lowest BCUT2D eigenvalue weighted by Gasteiger charge is -2.19. The number of rotatable bonds is 6. The lowest BCUT2D eigenvalue weighted by Crippen LogP contribution is -2.29. The van der Waals surface area contributed by atoms with Gasteiger partial charge in [-0.25, -0.2) is 4.98 Å². The smallest absolute Gasteiger partial charge is 0.301 e. The lowest BCUT2D eigenvalue weighted by molar-refractivity contribution is 0.527. The second-order valence-corrected chi connectivity index (χ2v) is 7.02. The molecule has 118 valence electrons. The summed E-state index contributed by atoms with van der Waals surface area (Å²) in [5.74, 6) is 0.775. The second kappa shape index (κ2) is 6.76. The zero-order valence-electron chi connectivity index (χ0n) is 12.9. The van der Waals surface area contributed by atoms with Gasteiger partial charge in [-0.05, 0) is 17.7 Å². The van der Waals surface area contributed by atoms with E-state index in [1.54, 1.807) is 12.1 Å². The molecule has 0 amide bonds. The first kappa shape index (κ1) is 16.3.